The quantitative estimate of drug-likeness (QED) is 0.869. The van der Waals surface area contributed by atoms with E-state index in [-0.39, 0.29) is 0 Å². The van der Waals surface area contributed by atoms with Gasteiger partial charge >= 0.3 is 0 Å². The summed E-state index contributed by atoms with van der Waals surface area (Å²) >= 11 is 0. The van der Waals surface area contributed by atoms with Crippen molar-refractivity contribution >= 4 is 0 Å². The number of aryl methyl sites for hydroxylation is 2. The summed E-state index contributed by atoms with van der Waals surface area (Å²) in [7, 11) is 4.00. The second-order valence-electron chi connectivity index (χ2n) is 5.01. The average Bonchev–Trinajstić information content (AvgIpc) is 2.87. The lowest BCUT2D eigenvalue weighted by Gasteiger charge is -2.12. The van der Waals surface area contributed by atoms with Crippen molar-refractivity contribution in [2.24, 2.45) is 0 Å². The van der Waals surface area contributed by atoms with E-state index in [1.165, 1.54) is 5.56 Å². The first kappa shape index (κ1) is 13.9. The van der Waals surface area contributed by atoms with E-state index >= 15 is 0 Å². The number of furan rings is 2. The summed E-state index contributed by atoms with van der Waals surface area (Å²) in [4.78, 5) is 2.18. The van der Waals surface area contributed by atoms with Gasteiger partial charge in [-0.25, -0.2) is 0 Å². The molecule has 2 aromatic heterocycles. The maximum atomic E-state index is 5.77. The van der Waals surface area contributed by atoms with Gasteiger partial charge in [0.15, 0.2) is 0 Å². The normalized spacial score (nSPS) is 11.4. The van der Waals surface area contributed by atoms with E-state index in [4.69, 9.17) is 8.83 Å². The molecular formula is C15H22N2O2. The van der Waals surface area contributed by atoms with Crippen molar-refractivity contribution in [3.8, 4) is 0 Å². The van der Waals surface area contributed by atoms with Crippen molar-refractivity contribution in [2.75, 3.05) is 14.1 Å². The summed E-state index contributed by atoms with van der Waals surface area (Å²) in [6.07, 6.45) is 0. The predicted molar refractivity (Wildman–Crippen MR) is 74.8 cm³/mol. The fourth-order valence-corrected chi connectivity index (χ4v) is 2.19. The van der Waals surface area contributed by atoms with Gasteiger partial charge in [0.25, 0.3) is 0 Å². The number of hydrogen-bond acceptors (Lipinski definition) is 4. The van der Waals surface area contributed by atoms with Gasteiger partial charge in [-0.2, -0.15) is 0 Å². The van der Waals surface area contributed by atoms with E-state index in [2.05, 4.69) is 23.3 Å². The van der Waals surface area contributed by atoms with Crippen LogP contribution in [0.5, 0.6) is 0 Å². The molecule has 0 spiro atoms. The highest BCUT2D eigenvalue weighted by Crippen LogP contribution is 2.17. The van der Waals surface area contributed by atoms with Crippen LogP contribution in [0.3, 0.4) is 0 Å². The standard InChI is InChI=1S/C15H22N2O2/c1-11-5-6-14(18-11)9-17(4)10-15-7-13(8-16-3)12(2)19-15/h5-7,16H,8-10H2,1-4H3. The third-order valence-electron chi connectivity index (χ3n) is 3.09. The molecule has 0 atom stereocenters. The molecule has 0 unspecified atom stereocenters. The highest BCUT2D eigenvalue weighted by atomic mass is 16.3. The van der Waals surface area contributed by atoms with Crippen LogP contribution in [0.15, 0.2) is 27.0 Å². The minimum Gasteiger partial charge on any atom is -0.465 e. The Labute approximate surface area is 114 Å². The Kier molecular flexibility index (Phi) is 4.45. The SMILES string of the molecule is CNCc1cc(CN(C)Cc2ccc(C)o2)oc1C. The molecule has 0 aliphatic heterocycles. The molecule has 0 aliphatic carbocycles. The third kappa shape index (κ3) is 3.72. The summed E-state index contributed by atoms with van der Waals surface area (Å²) in [6, 6.07) is 6.13. The Morgan fingerprint density at radius 1 is 1.11 bits per heavy atom. The molecule has 0 bridgehead atoms. The van der Waals surface area contributed by atoms with Crippen molar-refractivity contribution in [1.82, 2.24) is 10.2 Å². The van der Waals surface area contributed by atoms with Crippen LogP contribution >= 0.6 is 0 Å². The lowest BCUT2D eigenvalue weighted by Crippen LogP contribution is -2.16. The molecule has 0 radical (unpaired) electrons. The van der Waals surface area contributed by atoms with Gasteiger partial charge in [-0.05, 0) is 46.1 Å². The Morgan fingerprint density at radius 2 is 1.84 bits per heavy atom. The highest BCUT2D eigenvalue weighted by molar-refractivity contribution is 5.20. The molecule has 19 heavy (non-hydrogen) atoms. The zero-order chi connectivity index (χ0) is 13.8. The monoisotopic (exact) mass is 262 g/mol. The Morgan fingerprint density at radius 3 is 2.47 bits per heavy atom. The molecule has 0 amide bonds. The van der Waals surface area contributed by atoms with Crippen LogP contribution in [0.2, 0.25) is 0 Å². The van der Waals surface area contributed by atoms with Crippen molar-refractivity contribution in [1.29, 1.82) is 0 Å². The van der Waals surface area contributed by atoms with E-state index in [1.54, 1.807) is 0 Å². The number of rotatable bonds is 6. The topological polar surface area (TPSA) is 41.5 Å². The number of nitrogens with zero attached hydrogens (tertiary/aromatic N) is 1. The van der Waals surface area contributed by atoms with Gasteiger partial charge in [0.05, 0.1) is 13.1 Å². The number of hydrogen-bond donors (Lipinski definition) is 1. The largest absolute Gasteiger partial charge is 0.465 e. The molecular weight excluding hydrogens is 240 g/mol. The average molecular weight is 262 g/mol. The molecule has 0 aromatic carbocycles. The molecule has 0 fully saturated rings. The van der Waals surface area contributed by atoms with Crippen LogP contribution < -0.4 is 5.32 Å². The lowest BCUT2D eigenvalue weighted by atomic mass is 10.2. The van der Waals surface area contributed by atoms with Crippen LogP contribution in [0.4, 0.5) is 0 Å². The number of nitrogens with one attached hydrogen (secondary N) is 1. The van der Waals surface area contributed by atoms with Gasteiger partial charge in [0.1, 0.15) is 23.0 Å². The molecule has 4 nitrogen and oxygen atoms in total. The highest BCUT2D eigenvalue weighted by Gasteiger charge is 2.10. The van der Waals surface area contributed by atoms with Gasteiger partial charge in [0, 0.05) is 12.1 Å². The summed E-state index contributed by atoms with van der Waals surface area (Å²) in [5.74, 6) is 3.92. The summed E-state index contributed by atoms with van der Waals surface area (Å²) in [5.41, 5.74) is 1.22. The molecule has 104 valence electrons. The maximum absolute atomic E-state index is 5.77. The Hall–Kier alpha value is -1.52. The van der Waals surface area contributed by atoms with Crippen molar-refractivity contribution in [3.05, 3.63) is 46.8 Å². The van der Waals surface area contributed by atoms with Crippen molar-refractivity contribution in [2.45, 2.75) is 33.5 Å². The van der Waals surface area contributed by atoms with Crippen LogP contribution in [0, 0.1) is 13.8 Å². The zero-order valence-electron chi connectivity index (χ0n) is 12.1. The third-order valence-corrected chi connectivity index (χ3v) is 3.09. The van der Waals surface area contributed by atoms with E-state index in [0.29, 0.717) is 0 Å². The first-order valence-corrected chi connectivity index (χ1v) is 6.55. The molecule has 4 heteroatoms. The minimum atomic E-state index is 0.782. The van der Waals surface area contributed by atoms with Gasteiger partial charge in [-0.1, -0.05) is 0 Å². The zero-order valence-corrected chi connectivity index (χ0v) is 12.1. The first-order valence-electron chi connectivity index (χ1n) is 6.55. The predicted octanol–water partition coefficient (Wildman–Crippen LogP) is 2.84. The van der Waals surface area contributed by atoms with E-state index in [0.717, 1.165) is 42.7 Å². The molecule has 1 N–H and O–H groups in total. The fourth-order valence-electron chi connectivity index (χ4n) is 2.19. The smallest absolute Gasteiger partial charge is 0.118 e. The van der Waals surface area contributed by atoms with Crippen LogP contribution in [-0.2, 0) is 19.6 Å². The van der Waals surface area contributed by atoms with Crippen molar-refractivity contribution < 1.29 is 8.83 Å². The van der Waals surface area contributed by atoms with Gasteiger partial charge in [0.2, 0.25) is 0 Å². The molecule has 2 rings (SSSR count). The maximum Gasteiger partial charge on any atom is 0.118 e. The summed E-state index contributed by atoms with van der Waals surface area (Å²) in [5, 5.41) is 3.15. The fraction of sp³-hybridized carbons (Fsp3) is 0.467. The molecule has 0 saturated carbocycles. The van der Waals surface area contributed by atoms with Crippen LogP contribution in [0.25, 0.3) is 0 Å². The molecule has 0 aliphatic rings. The molecule has 2 heterocycles. The summed E-state index contributed by atoms with van der Waals surface area (Å²) < 4.78 is 11.3. The Bertz CT molecular complexity index is 528. The second kappa shape index (κ2) is 6.08. The second-order valence-corrected chi connectivity index (χ2v) is 5.01. The first-order chi connectivity index (χ1) is 9.08. The van der Waals surface area contributed by atoms with Crippen LogP contribution in [0.1, 0.15) is 28.6 Å². The van der Waals surface area contributed by atoms with Crippen LogP contribution in [-0.4, -0.2) is 19.0 Å². The minimum absolute atomic E-state index is 0.782. The van der Waals surface area contributed by atoms with Gasteiger partial charge < -0.3 is 14.2 Å². The Balaban J connectivity index is 1.94. The summed E-state index contributed by atoms with van der Waals surface area (Å²) in [6.45, 7) is 6.38. The van der Waals surface area contributed by atoms with Gasteiger partial charge in [-0.15, -0.1) is 0 Å². The lowest BCUT2D eigenvalue weighted by molar-refractivity contribution is 0.261. The van der Waals surface area contributed by atoms with E-state index in [1.807, 2.05) is 33.0 Å². The van der Waals surface area contributed by atoms with Gasteiger partial charge in [-0.3, -0.25) is 4.90 Å². The van der Waals surface area contributed by atoms with E-state index in [9.17, 15) is 0 Å². The van der Waals surface area contributed by atoms with Crippen molar-refractivity contribution in [3.63, 3.8) is 0 Å². The molecule has 0 saturated heterocycles. The van der Waals surface area contributed by atoms with E-state index < -0.39 is 0 Å². The molecule has 2 aromatic rings.